The van der Waals surface area contributed by atoms with Crippen LogP contribution in [0.1, 0.15) is 30.3 Å². The van der Waals surface area contributed by atoms with Crippen LogP contribution in [0.15, 0.2) is 21.6 Å². The second-order valence-corrected chi connectivity index (χ2v) is 6.42. The highest BCUT2D eigenvalue weighted by atomic mass is 32.2. The molecule has 0 aromatic carbocycles. The van der Waals surface area contributed by atoms with Crippen molar-refractivity contribution in [3.63, 3.8) is 0 Å². The first-order valence-electron chi connectivity index (χ1n) is 6.50. The summed E-state index contributed by atoms with van der Waals surface area (Å²) < 4.78 is 31.6. The van der Waals surface area contributed by atoms with Crippen molar-refractivity contribution in [1.29, 1.82) is 0 Å². The van der Waals surface area contributed by atoms with E-state index in [0.717, 1.165) is 38.1 Å². The first-order chi connectivity index (χ1) is 9.42. The van der Waals surface area contributed by atoms with Crippen molar-refractivity contribution in [3.05, 3.63) is 17.9 Å². The van der Waals surface area contributed by atoms with Gasteiger partial charge < -0.3 is 14.4 Å². The maximum absolute atomic E-state index is 12.1. The minimum atomic E-state index is -3.81. The number of carboxylic acids is 1. The first-order valence-corrected chi connectivity index (χ1v) is 7.98. The van der Waals surface area contributed by atoms with E-state index in [2.05, 4.69) is 9.62 Å². The fraction of sp³-hybridized carbons (Fsp3) is 0.583. The van der Waals surface area contributed by atoms with Gasteiger partial charge in [-0.15, -0.1) is 0 Å². The molecular weight excluding hydrogens is 284 g/mol. The number of furan rings is 1. The minimum absolute atomic E-state index is 0.174. The van der Waals surface area contributed by atoms with Gasteiger partial charge in [-0.3, -0.25) is 0 Å². The highest BCUT2D eigenvalue weighted by Crippen LogP contribution is 2.17. The maximum Gasteiger partial charge on any atom is 0.371 e. The van der Waals surface area contributed by atoms with Crippen LogP contribution in [0, 0.1) is 0 Å². The van der Waals surface area contributed by atoms with E-state index in [4.69, 9.17) is 9.52 Å². The van der Waals surface area contributed by atoms with Gasteiger partial charge in [-0.05, 0) is 38.1 Å². The summed E-state index contributed by atoms with van der Waals surface area (Å²) in [6.45, 7) is 4.53. The second-order valence-electron chi connectivity index (χ2n) is 4.78. The highest BCUT2D eigenvalue weighted by molar-refractivity contribution is 7.89. The van der Waals surface area contributed by atoms with Gasteiger partial charge in [0, 0.05) is 12.6 Å². The molecule has 2 rings (SSSR count). The Hall–Kier alpha value is -1.38. The predicted molar refractivity (Wildman–Crippen MR) is 71.1 cm³/mol. The second kappa shape index (κ2) is 5.94. The number of sulfonamides is 1. The summed E-state index contributed by atoms with van der Waals surface area (Å²) in [5, 5.41) is 8.38. The molecule has 1 unspecified atom stereocenters. The lowest BCUT2D eigenvalue weighted by molar-refractivity contribution is 0.0656. The van der Waals surface area contributed by atoms with Crippen LogP contribution < -0.4 is 4.72 Å². The third kappa shape index (κ3) is 3.38. The van der Waals surface area contributed by atoms with E-state index in [-0.39, 0.29) is 16.9 Å². The number of nitrogens with zero attached hydrogens (tertiary/aromatic N) is 1. The highest BCUT2D eigenvalue weighted by Gasteiger charge is 2.27. The Kier molecular flexibility index (Phi) is 4.46. The Morgan fingerprint density at radius 3 is 2.90 bits per heavy atom. The molecule has 1 aromatic rings. The molecule has 1 saturated heterocycles. The molecule has 2 N–H and O–H groups in total. The number of carbonyl (C=O) groups is 1. The average molecular weight is 302 g/mol. The van der Waals surface area contributed by atoms with Gasteiger partial charge >= 0.3 is 5.97 Å². The van der Waals surface area contributed by atoms with Crippen LogP contribution >= 0.6 is 0 Å². The molecule has 1 aromatic heterocycles. The van der Waals surface area contributed by atoms with E-state index < -0.39 is 16.0 Å². The Bertz CT molecular complexity index is 580. The zero-order valence-electron chi connectivity index (χ0n) is 11.2. The summed E-state index contributed by atoms with van der Waals surface area (Å²) in [7, 11) is -3.81. The summed E-state index contributed by atoms with van der Waals surface area (Å²) >= 11 is 0. The number of piperidine rings is 1. The molecule has 7 nitrogen and oxygen atoms in total. The quantitative estimate of drug-likeness (QED) is 0.832. The van der Waals surface area contributed by atoms with Crippen LogP contribution in [-0.4, -0.2) is 50.1 Å². The van der Waals surface area contributed by atoms with E-state index >= 15 is 0 Å². The van der Waals surface area contributed by atoms with Crippen molar-refractivity contribution >= 4 is 16.0 Å². The molecule has 0 amide bonds. The topological polar surface area (TPSA) is 99.9 Å². The largest absolute Gasteiger partial charge is 0.475 e. The van der Waals surface area contributed by atoms with E-state index in [1.54, 1.807) is 0 Å². The molecule has 1 aliphatic rings. The lowest BCUT2D eigenvalue weighted by Crippen LogP contribution is -2.47. The summed E-state index contributed by atoms with van der Waals surface area (Å²) in [6.07, 6.45) is 1.70. The Balaban J connectivity index is 2.08. The number of rotatable bonds is 5. The van der Waals surface area contributed by atoms with Crippen LogP contribution in [0.25, 0.3) is 0 Å². The standard InChI is InChI=1S/C12H18N2O5S/c1-2-14-7-3-4-9(8-14)13-20(17,18)11-6-5-10(19-11)12(15)16/h5-6,9,13H,2-4,7-8H2,1H3,(H,15,16). The monoisotopic (exact) mass is 302 g/mol. The van der Waals surface area contributed by atoms with Crippen LogP contribution in [0.5, 0.6) is 0 Å². The Morgan fingerprint density at radius 1 is 1.55 bits per heavy atom. The van der Waals surface area contributed by atoms with Crippen molar-refractivity contribution in [2.45, 2.75) is 30.9 Å². The predicted octanol–water partition coefficient (Wildman–Crippen LogP) is 0.740. The van der Waals surface area contributed by atoms with Gasteiger partial charge in [0.15, 0.2) is 0 Å². The van der Waals surface area contributed by atoms with Gasteiger partial charge in [0.25, 0.3) is 10.0 Å². The first kappa shape index (κ1) is 15.0. The van der Waals surface area contributed by atoms with E-state index in [9.17, 15) is 13.2 Å². The number of aromatic carboxylic acids is 1. The van der Waals surface area contributed by atoms with Crippen molar-refractivity contribution in [3.8, 4) is 0 Å². The number of hydrogen-bond donors (Lipinski definition) is 2. The van der Waals surface area contributed by atoms with E-state index in [1.165, 1.54) is 0 Å². The molecule has 1 fully saturated rings. The normalized spacial score (nSPS) is 20.9. The molecule has 8 heteroatoms. The van der Waals surface area contributed by atoms with Gasteiger partial charge in [-0.25, -0.2) is 17.9 Å². The number of nitrogens with one attached hydrogen (secondary N) is 1. The molecular formula is C12H18N2O5S. The van der Waals surface area contributed by atoms with Gasteiger partial charge in [-0.1, -0.05) is 6.92 Å². The number of likely N-dealkylation sites (N-methyl/N-ethyl adjacent to an activating group) is 1. The van der Waals surface area contributed by atoms with Gasteiger partial charge in [-0.2, -0.15) is 0 Å². The summed E-state index contributed by atoms with van der Waals surface area (Å²) in [4.78, 5) is 12.9. The van der Waals surface area contributed by atoms with Crippen molar-refractivity contribution in [1.82, 2.24) is 9.62 Å². The SMILES string of the molecule is CCN1CCCC(NS(=O)(=O)c2ccc(C(=O)O)o2)C1. The number of hydrogen-bond acceptors (Lipinski definition) is 5. The van der Waals surface area contributed by atoms with Crippen molar-refractivity contribution in [2.75, 3.05) is 19.6 Å². The number of carboxylic acid groups (broad SMARTS) is 1. The third-order valence-electron chi connectivity index (χ3n) is 3.33. The Morgan fingerprint density at radius 2 is 2.30 bits per heavy atom. The fourth-order valence-electron chi connectivity index (χ4n) is 2.30. The molecule has 2 heterocycles. The summed E-state index contributed by atoms with van der Waals surface area (Å²) in [5.74, 6) is -1.68. The lowest BCUT2D eigenvalue weighted by atomic mass is 10.1. The van der Waals surface area contributed by atoms with Gasteiger partial charge in [0.1, 0.15) is 0 Å². The maximum atomic E-state index is 12.1. The van der Waals surface area contributed by atoms with Crippen LogP contribution in [0.2, 0.25) is 0 Å². The Labute approximate surface area is 117 Å². The molecule has 20 heavy (non-hydrogen) atoms. The summed E-state index contributed by atoms with van der Waals surface area (Å²) in [6, 6.07) is 2.12. The number of likely N-dealkylation sites (tertiary alicyclic amines) is 1. The molecule has 112 valence electrons. The molecule has 1 atom stereocenters. The summed E-state index contributed by atoms with van der Waals surface area (Å²) in [5.41, 5.74) is 0. The van der Waals surface area contributed by atoms with Gasteiger partial charge in [0.2, 0.25) is 10.9 Å². The zero-order chi connectivity index (χ0) is 14.8. The molecule has 0 saturated carbocycles. The van der Waals surface area contributed by atoms with Crippen molar-refractivity contribution in [2.24, 2.45) is 0 Å². The fourth-order valence-corrected chi connectivity index (χ4v) is 3.49. The minimum Gasteiger partial charge on any atom is -0.475 e. The molecule has 0 radical (unpaired) electrons. The molecule has 0 spiro atoms. The van der Waals surface area contributed by atoms with Crippen LogP contribution in [0.3, 0.4) is 0 Å². The average Bonchev–Trinajstić information content (AvgIpc) is 2.89. The van der Waals surface area contributed by atoms with E-state index in [0.29, 0.717) is 6.54 Å². The van der Waals surface area contributed by atoms with Gasteiger partial charge in [0.05, 0.1) is 0 Å². The van der Waals surface area contributed by atoms with Crippen molar-refractivity contribution < 1.29 is 22.7 Å². The van der Waals surface area contributed by atoms with Crippen LogP contribution in [0.4, 0.5) is 0 Å². The van der Waals surface area contributed by atoms with E-state index in [1.807, 2.05) is 6.92 Å². The molecule has 1 aliphatic heterocycles. The zero-order valence-corrected chi connectivity index (χ0v) is 12.0. The molecule has 0 aliphatic carbocycles. The van der Waals surface area contributed by atoms with Crippen LogP contribution in [-0.2, 0) is 10.0 Å². The smallest absolute Gasteiger partial charge is 0.371 e. The third-order valence-corrected chi connectivity index (χ3v) is 4.72. The lowest BCUT2D eigenvalue weighted by Gasteiger charge is -2.31. The molecule has 0 bridgehead atoms.